The number of furan rings is 1. The average Bonchev–Trinajstić information content (AvgIpc) is 3.12. The van der Waals surface area contributed by atoms with E-state index in [9.17, 15) is 13.6 Å². The number of benzene rings is 1. The van der Waals surface area contributed by atoms with Crippen LogP contribution in [-0.4, -0.2) is 21.2 Å². The van der Waals surface area contributed by atoms with Crippen molar-refractivity contribution in [2.75, 3.05) is 0 Å². The molecule has 0 atom stereocenters. The topological polar surface area (TPSA) is 33.5 Å². The summed E-state index contributed by atoms with van der Waals surface area (Å²) in [7, 11) is 0. The minimum Gasteiger partial charge on any atom is -0.457 e. The molecule has 1 amide bonds. The molecule has 2 aromatic rings. The summed E-state index contributed by atoms with van der Waals surface area (Å²) >= 11 is 6.75. The van der Waals surface area contributed by atoms with Crippen molar-refractivity contribution in [3.05, 3.63) is 52.6 Å². The number of rotatable bonds is 3. The number of thiocarbonyl (C=S) groups is 1. The third-order valence-corrected chi connectivity index (χ3v) is 6.45. The summed E-state index contributed by atoms with van der Waals surface area (Å²) in [6.45, 7) is 0. The van der Waals surface area contributed by atoms with Crippen molar-refractivity contribution in [3.8, 4) is 11.3 Å². The zero-order valence-corrected chi connectivity index (χ0v) is 16.8. The normalized spacial score (nSPS) is 20.2. The van der Waals surface area contributed by atoms with Crippen molar-refractivity contribution >= 4 is 40.3 Å². The number of carbonyl (C=O) groups excluding carboxylic acids is 1. The maximum atomic E-state index is 13.4. The second-order valence-corrected chi connectivity index (χ2v) is 8.70. The van der Waals surface area contributed by atoms with Gasteiger partial charge in [-0.25, -0.2) is 8.78 Å². The van der Waals surface area contributed by atoms with Crippen LogP contribution in [0.4, 0.5) is 8.78 Å². The van der Waals surface area contributed by atoms with E-state index in [-0.39, 0.29) is 11.9 Å². The molecular weight excluding hydrogens is 400 g/mol. The minimum atomic E-state index is -0.931. The van der Waals surface area contributed by atoms with Crippen molar-refractivity contribution < 1.29 is 18.0 Å². The van der Waals surface area contributed by atoms with E-state index in [2.05, 4.69) is 0 Å². The molecule has 0 spiro atoms. The van der Waals surface area contributed by atoms with Gasteiger partial charge >= 0.3 is 0 Å². The summed E-state index contributed by atoms with van der Waals surface area (Å²) in [4.78, 5) is 15.2. The maximum absolute atomic E-state index is 13.4. The van der Waals surface area contributed by atoms with Gasteiger partial charge in [-0.3, -0.25) is 9.69 Å². The molecule has 3 nitrogen and oxygen atoms in total. The van der Waals surface area contributed by atoms with Gasteiger partial charge in [0.15, 0.2) is 11.6 Å². The van der Waals surface area contributed by atoms with Crippen LogP contribution in [0.15, 0.2) is 39.7 Å². The quantitative estimate of drug-likeness (QED) is 0.339. The minimum absolute atomic E-state index is 0.0762. The summed E-state index contributed by atoms with van der Waals surface area (Å²) in [5.41, 5.74) is 0.435. The average molecular weight is 420 g/mol. The van der Waals surface area contributed by atoms with Gasteiger partial charge in [0.25, 0.3) is 5.91 Å². The maximum Gasteiger partial charge on any atom is 0.266 e. The van der Waals surface area contributed by atoms with E-state index in [4.69, 9.17) is 16.6 Å². The lowest BCUT2D eigenvalue weighted by molar-refractivity contribution is -0.123. The van der Waals surface area contributed by atoms with Crippen LogP contribution in [0.25, 0.3) is 17.4 Å². The molecule has 146 valence electrons. The standard InChI is InChI=1S/C21H19F2NO2S2/c22-16-9-7-13(11-17(16)23)18-10-8-15(26-18)12-19-20(25)24(21(27)28-19)14-5-3-1-2-4-6-14/h7-12,14H,1-6H2/b19-12+. The van der Waals surface area contributed by atoms with Crippen LogP contribution in [0.5, 0.6) is 0 Å². The van der Waals surface area contributed by atoms with E-state index in [1.54, 1.807) is 23.1 Å². The highest BCUT2D eigenvalue weighted by atomic mass is 32.2. The van der Waals surface area contributed by atoms with Crippen LogP contribution in [-0.2, 0) is 4.79 Å². The fourth-order valence-corrected chi connectivity index (χ4v) is 5.06. The molecule has 1 aliphatic heterocycles. The summed E-state index contributed by atoms with van der Waals surface area (Å²) < 4.78 is 32.9. The highest BCUT2D eigenvalue weighted by Gasteiger charge is 2.37. The first-order chi connectivity index (χ1) is 13.5. The Bertz CT molecular complexity index is 946. The number of amides is 1. The number of halogens is 2. The molecule has 28 heavy (non-hydrogen) atoms. The number of carbonyl (C=O) groups is 1. The lowest BCUT2D eigenvalue weighted by atomic mass is 10.1. The predicted molar refractivity (Wildman–Crippen MR) is 111 cm³/mol. The summed E-state index contributed by atoms with van der Waals surface area (Å²) in [5, 5.41) is 0. The molecule has 1 saturated heterocycles. The SMILES string of the molecule is O=C1/C(=C\c2ccc(-c3ccc(F)c(F)c3)o2)SC(=S)N1C1CCCCCC1. The largest absolute Gasteiger partial charge is 0.457 e. The van der Waals surface area contributed by atoms with Crippen LogP contribution in [0.2, 0.25) is 0 Å². The molecular formula is C21H19F2NO2S2. The van der Waals surface area contributed by atoms with Crippen molar-refractivity contribution in [1.82, 2.24) is 4.90 Å². The van der Waals surface area contributed by atoms with Crippen LogP contribution < -0.4 is 0 Å². The zero-order valence-electron chi connectivity index (χ0n) is 15.1. The van der Waals surface area contributed by atoms with Gasteiger partial charge in [0.1, 0.15) is 15.8 Å². The van der Waals surface area contributed by atoms with Crippen LogP contribution in [0.1, 0.15) is 44.3 Å². The molecule has 1 aromatic heterocycles. The molecule has 0 N–H and O–H groups in total. The molecule has 0 unspecified atom stereocenters. The molecule has 2 fully saturated rings. The fourth-order valence-electron chi connectivity index (χ4n) is 3.67. The third kappa shape index (κ3) is 3.91. The highest BCUT2D eigenvalue weighted by molar-refractivity contribution is 8.26. The Labute approximate surface area is 171 Å². The molecule has 4 rings (SSSR count). The summed E-state index contributed by atoms with van der Waals surface area (Å²) in [5.74, 6) is -1.03. The Balaban J connectivity index is 1.54. The van der Waals surface area contributed by atoms with Gasteiger partial charge in [0.2, 0.25) is 0 Å². The van der Waals surface area contributed by atoms with Gasteiger partial charge in [-0.1, -0.05) is 49.7 Å². The van der Waals surface area contributed by atoms with Crippen molar-refractivity contribution in [2.24, 2.45) is 0 Å². The van der Waals surface area contributed by atoms with Gasteiger partial charge in [-0.15, -0.1) is 0 Å². The zero-order chi connectivity index (χ0) is 19.7. The predicted octanol–water partition coefficient (Wildman–Crippen LogP) is 6.15. The third-order valence-electron chi connectivity index (χ3n) is 5.12. The molecule has 7 heteroatoms. The second-order valence-electron chi connectivity index (χ2n) is 7.03. The van der Waals surface area contributed by atoms with Gasteiger partial charge in [0.05, 0.1) is 4.91 Å². The van der Waals surface area contributed by atoms with Gasteiger partial charge in [0, 0.05) is 17.7 Å². The number of thioether (sulfide) groups is 1. The summed E-state index contributed by atoms with van der Waals surface area (Å²) in [6.07, 6.45) is 8.30. The fraction of sp³-hybridized carbons (Fsp3) is 0.333. The van der Waals surface area contributed by atoms with Gasteiger partial charge in [-0.2, -0.15) is 0 Å². The Morgan fingerprint density at radius 2 is 1.82 bits per heavy atom. The molecule has 0 radical (unpaired) electrons. The number of nitrogens with zero attached hydrogens (tertiary/aromatic N) is 1. The lowest BCUT2D eigenvalue weighted by Crippen LogP contribution is -2.38. The molecule has 0 bridgehead atoms. The number of hydrogen-bond acceptors (Lipinski definition) is 4. The van der Waals surface area contributed by atoms with E-state index in [1.165, 1.54) is 30.7 Å². The van der Waals surface area contributed by atoms with Crippen molar-refractivity contribution in [3.63, 3.8) is 0 Å². The van der Waals surface area contributed by atoms with Gasteiger partial charge in [-0.05, 0) is 43.2 Å². The Hall–Kier alpha value is -1.99. The van der Waals surface area contributed by atoms with Crippen molar-refractivity contribution in [2.45, 2.75) is 44.6 Å². The first-order valence-corrected chi connectivity index (χ1v) is 10.6. The van der Waals surface area contributed by atoms with Crippen molar-refractivity contribution in [1.29, 1.82) is 0 Å². The smallest absolute Gasteiger partial charge is 0.266 e. The lowest BCUT2D eigenvalue weighted by Gasteiger charge is -2.25. The number of hydrogen-bond donors (Lipinski definition) is 0. The molecule has 1 aliphatic carbocycles. The Morgan fingerprint density at radius 3 is 2.54 bits per heavy atom. The van der Waals surface area contributed by atoms with Crippen LogP contribution in [0.3, 0.4) is 0 Å². The molecule has 2 aliphatic rings. The summed E-state index contributed by atoms with van der Waals surface area (Å²) in [6, 6.07) is 7.15. The van der Waals surface area contributed by atoms with E-state index in [0.717, 1.165) is 37.8 Å². The highest BCUT2D eigenvalue weighted by Crippen LogP contribution is 2.37. The Morgan fingerprint density at radius 1 is 1.07 bits per heavy atom. The van der Waals surface area contributed by atoms with E-state index in [0.29, 0.717) is 26.3 Å². The van der Waals surface area contributed by atoms with Crippen LogP contribution in [0, 0.1) is 11.6 Å². The first kappa shape index (κ1) is 19.3. The molecule has 1 saturated carbocycles. The molecule has 2 heterocycles. The Kier molecular flexibility index (Phi) is 5.64. The van der Waals surface area contributed by atoms with E-state index >= 15 is 0 Å². The molecule has 1 aromatic carbocycles. The second kappa shape index (κ2) is 8.17. The first-order valence-electron chi connectivity index (χ1n) is 9.35. The van der Waals surface area contributed by atoms with Gasteiger partial charge < -0.3 is 4.42 Å². The van der Waals surface area contributed by atoms with Crippen LogP contribution >= 0.6 is 24.0 Å². The van der Waals surface area contributed by atoms with E-state index in [1.807, 2.05) is 0 Å². The van der Waals surface area contributed by atoms with E-state index < -0.39 is 11.6 Å². The monoisotopic (exact) mass is 419 g/mol.